The zero-order valence-corrected chi connectivity index (χ0v) is 15.5. The predicted molar refractivity (Wildman–Crippen MR) is 96.2 cm³/mol. The fourth-order valence-corrected chi connectivity index (χ4v) is 2.51. The standard InChI is InChI=1S/C17H16Br2O3/c1-20-14-8-13(10-16(18)19)9-15(21-2)17(14)22-11-12-6-4-3-5-7-12/h3-10H,11H2,1-2H3. The van der Waals surface area contributed by atoms with Crippen molar-refractivity contribution in [3.8, 4) is 17.2 Å². The monoisotopic (exact) mass is 426 g/mol. The number of benzene rings is 2. The van der Waals surface area contributed by atoms with E-state index in [1.807, 2.05) is 48.5 Å². The van der Waals surface area contributed by atoms with Gasteiger partial charge in [0, 0.05) is 0 Å². The van der Waals surface area contributed by atoms with E-state index in [4.69, 9.17) is 14.2 Å². The Morgan fingerprint density at radius 3 is 2.09 bits per heavy atom. The summed E-state index contributed by atoms with van der Waals surface area (Å²) in [6.45, 7) is 0.449. The molecule has 3 nitrogen and oxygen atoms in total. The van der Waals surface area contributed by atoms with E-state index >= 15 is 0 Å². The molecule has 0 spiro atoms. The summed E-state index contributed by atoms with van der Waals surface area (Å²) in [6.07, 6.45) is 1.91. The highest BCUT2D eigenvalue weighted by atomic mass is 79.9. The minimum absolute atomic E-state index is 0.449. The van der Waals surface area contributed by atoms with E-state index in [1.165, 1.54) is 0 Å². The van der Waals surface area contributed by atoms with Gasteiger partial charge in [-0.15, -0.1) is 0 Å². The van der Waals surface area contributed by atoms with Crippen LogP contribution in [0, 0.1) is 0 Å². The Labute approximate surface area is 147 Å². The molecule has 2 rings (SSSR count). The third kappa shape index (κ3) is 4.52. The smallest absolute Gasteiger partial charge is 0.203 e. The van der Waals surface area contributed by atoms with Gasteiger partial charge >= 0.3 is 0 Å². The molecule has 2 aromatic carbocycles. The Kier molecular flexibility index (Phi) is 6.34. The lowest BCUT2D eigenvalue weighted by molar-refractivity contribution is 0.266. The maximum atomic E-state index is 5.90. The van der Waals surface area contributed by atoms with Gasteiger partial charge in [0.15, 0.2) is 11.5 Å². The highest BCUT2D eigenvalue weighted by Crippen LogP contribution is 2.40. The summed E-state index contributed by atoms with van der Waals surface area (Å²) in [5, 5.41) is 0. The molecule has 0 unspecified atom stereocenters. The third-order valence-corrected chi connectivity index (χ3v) is 3.44. The molecule has 0 bridgehead atoms. The highest BCUT2D eigenvalue weighted by Gasteiger charge is 2.14. The molecule has 0 saturated carbocycles. The van der Waals surface area contributed by atoms with Gasteiger partial charge in [0.2, 0.25) is 5.75 Å². The average Bonchev–Trinajstić information content (AvgIpc) is 2.53. The van der Waals surface area contributed by atoms with Crippen LogP contribution in [0.15, 0.2) is 45.9 Å². The molecule has 22 heavy (non-hydrogen) atoms. The summed E-state index contributed by atoms with van der Waals surface area (Å²) in [6, 6.07) is 13.7. The van der Waals surface area contributed by atoms with Crippen molar-refractivity contribution in [2.75, 3.05) is 14.2 Å². The van der Waals surface area contributed by atoms with Crippen molar-refractivity contribution in [2.24, 2.45) is 0 Å². The molecule has 0 aliphatic rings. The molecular formula is C17H16Br2O3. The fraction of sp³-hybridized carbons (Fsp3) is 0.176. The highest BCUT2D eigenvalue weighted by molar-refractivity contribution is 9.28. The van der Waals surface area contributed by atoms with Crippen molar-refractivity contribution in [3.63, 3.8) is 0 Å². The molecule has 0 atom stereocenters. The molecule has 0 fully saturated rings. The van der Waals surface area contributed by atoms with Crippen molar-refractivity contribution in [1.29, 1.82) is 0 Å². The van der Waals surface area contributed by atoms with Crippen molar-refractivity contribution in [2.45, 2.75) is 6.61 Å². The lowest BCUT2D eigenvalue weighted by Gasteiger charge is -2.15. The summed E-state index contributed by atoms with van der Waals surface area (Å²) in [7, 11) is 3.22. The first kappa shape index (κ1) is 16.9. The van der Waals surface area contributed by atoms with Gasteiger partial charge in [-0.05, 0) is 61.2 Å². The van der Waals surface area contributed by atoms with Gasteiger partial charge < -0.3 is 14.2 Å². The normalized spacial score (nSPS) is 10.0. The van der Waals surface area contributed by atoms with E-state index in [1.54, 1.807) is 14.2 Å². The van der Waals surface area contributed by atoms with Crippen LogP contribution in [0.5, 0.6) is 17.2 Å². The van der Waals surface area contributed by atoms with E-state index < -0.39 is 0 Å². The maximum Gasteiger partial charge on any atom is 0.203 e. The van der Waals surface area contributed by atoms with Crippen LogP contribution in [0.25, 0.3) is 6.08 Å². The topological polar surface area (TPSA) is 27.7 Å². The van der Waals surface area contributed by atoms with Crippen molar-refractivity contribution in [3.05, 3.63) is 57.0 Å². The van der Waals surface area contributed by atoms with Crippen LogP contribution in [0.2, 0.25) is 0 Å². The van der Waals surface area contributed by atoms with Gasteiger partial charge in [0.25, 0.3) is 0 Å². The second-order valence-corrected chi connectivity index (χ2v) is 7.24. The first-order valence-corrected chi connectivity index (χ1v) is 8.18. The van der Waals surface area contributed by atoms with Gasteiger partial charge in [-0.25, -0.2) is 0 Å². The molecule has 0 amide bonds. The van der Waals surface area contributed by atoms with Crippen LogP contribution in [0.1, 0.15) is 11.1 Å². The second kappa shape index (κ2) is 8.25. The van der Waals surface area contributed by atoms with Crippen LogP contribution < -0.4 is 14.2 Å². The second-order valence-electron chi connectivity index (χ2n) is 4.46. The molecule has 0 N–H and O–H groups in total. The zero-order valence-electron chi connectivity index (χ0n) is 12.3. The average molecular weight is 428 g/mol. The van der Waals surface area contributed by atoms with E-state index in [9.17, 15) is 0 Å². The Balaban J connectivity index is 2.31. The fourth-order valence-electron chi connectivity index (χ4n) is 1.98. The summed E-state index contributed by atoms with van der Waals surface area (Å²) in [5.41, 5.74) is 2.02. The van der Waals surface area contributed by atoms with Crippen molar-refractivity contribution >= 4 is 37.9 Å². The number of hydrogen-bond acceptors (Lipinski definition) is 3. The lowest BCUT2D eigenvalue weighted by atomic mass is 10.2. The molecule has 5 heteroatoms. The van der Waals surface area contributed by atoms with Crippen molar-refractivity contribution in [1.82, 2.24) is 0 Å². The van der Waals surface area contributed by atoms with Crippen LogP contribution in [-0.2, 0) is 6.61 Å². The van der Waals surface area contributed by atoms with Crippen molar-refractivity contribution < 1.29 is 14.2 Å². The number of hydrogen-bond donors (Lipinski definition) is 0. The molecule has 0 aliphatic carbocycles. The van der Waals surface area contributed by atoms with Gasteiger partial charge in [-0.1, -0.05) is 30.3 Å². The summed E-state index contributed by atoms with van der Waals surface area (Å²) in [4.78, 5) is 0. The molecule has 116 valence electrons. The Morgan fingerprint density at radius 1 is 1.00 bits per heavy atom. The molecule has 2 aromatic rings. The molecular weight excluding hydrogens is 412 g/mol. The van der Waals surface area contributed by atoms with Gasteiger partial charge in [0.1, 0.15) is 6.61 Å². The number of halogens is 2. The largest absolute Gasteiger partial charge is 0.493 e. The molecule has 0 aliphatic heterocycles. The van der Waals surface area contributed by atoms with Gasteiger partial charge in [-0.3, -0.25) is 0 Å². The zero-order chi connectivity index (χ0) is 15.9. The number of methoxy groups -OCH3 is 2. The Bertz CT molecular complexity index is 625. The third-order valence-electron chi connectivity index (χ3n) is 2.98. The van der Waals surface area contributed by atoms with E-state index in [0.29, 0.717) is 23.9 Å². The van der Waals surface area contributed by atoms with E-state index in [-0.39, 0.29) is 0 Å². The molecule has 0 aromatic heterocycles. The van der Waals surface area contributed by atoms with Gasteiger partial charge in [0.05, 0.1) is 17.6 Å². The van der Waals surface area contributed by atoms with Crippen LogP contribution in [0.3, 0.4) is 0 Å². The van der Waals surface area contributed by atoms with Crippen LogP contribution >= 0.6 is 31.9 Å². The van der Waals surface area contributed by atoms with Crippen LogP contribution in [0.4, 0.5) is 0 Å². The van der Waals surface area contributed by atoms with E-state index in [0.717, 1.165) is 14.5 Å². The summed E-state index contributed by atoms with van der Waals surface area (Å²) < 4.78 is 17.6. The SMILES string of the molecule is COc1cc(C=C(Br)Br)cc(OC)c1OCc1ccccc1. The van der Waals surface area contributed by atoms with E-state index in [2.05, 4.69) is 31.9 Å². The quantitative estimate of drug-likeness (QED) is 0.620. The van der Waals surface area contributed by atoms with Gasteiger partial charge in [-0.2, -0.15) is 0 Å². The molecule has 0 heterocycles. The van der Waals surface area contributed by atoms with Crippen LogP contribution in [-0.4, -0.2) is 14.2 Å². The first-order valence-electron chi connectivity index (χ1n) is 6.59. The number of ether oxygens (including phenoxy) is 3. The molecule has 0 radical (unpaired) electrons. The summed E-state index contributed by atoms with van der Waals surface area (Å²) >= 11 is 6.70. The Hall–Kier alpha value is -1.46. The minimum Gasteiger partial charge on any atom is -0.493 e. The number of rotatable bonds is 6. The Morgan fingerprint density at radius 2 is 1.59 bits per heavy atom. The molecule has 0 saturated heterocycles. The lowest BCUT2D eigenvalue weighted by Crippen LogP contribution is -2.00. The first-order chi connectivity index (χ1) is 10.6. The predicted octanol–water partition coefficient (Wildman–Crippen LogP) is 5.37. The maximum absolute atomic E-state index is 5.90. The summed E-state index contributed by atoms with van der Waals surface area (Å²) in [5.74, 6) is 1.85. The minimum atomic E-state index is 0.449.